The lowest BCUT2D eigenvalue weighted by molar-refractivity contribution is -0.137. The molecule has 1 aromatic carbocycles. The van der Waals surface area contributed by atoms with Crippen molar-refractivity contribution in [3.63, 3.8) is 0 Å². The molecule has 0 fully saturated rings. The van der Waals surface area contributed by atoms with Gasteiger partial charge in [-0.1, -0.05) is 17.3 Å². The first-order chi connectivity index (χ1) is 12.8. The first-order valence-electron chi connectivity index (χ1n) is 8.53. The maximum atomic E-state index is 12.8. The number of halogens is 3. The average molecular weight is 374 g/mol. The molecule has 3 heterocycles. The first kappa shape index (κ1) is 17.5. The number of nitrogens with zero attached hydrogens (tertiary/aromatic N) is 4. The molecule has 0 spiro atoms. The van der Waals surface area contributed by atoms with Gasteiger partial charge in [0.2, 0.25) is 0 Å². The molecule has 4 rings (SSSR count). The van der Waals surface area contributed by atoms with Crippen molar-refractivity contribution < 1.29 is 17.7 Å². The minimum Gasteiger partial charge on any atom is -0.360 e. The third kappa shape index (κ3) is 3.27. The summed E-state index contributed by atoms with van der Waals surface area (Å²) in [4.78, 5) is 10.9. The van der Waals surface area contributed by atoms with Gasteiger partial charge in [0.25, 0.3) is 0 Å². The zero-order valence-corrected chi connectivity index (χ0v) is 14.8. The lowest BCUT2D eigenvalue weighted by Gasteiger charge is -2.28. The minimum absolute atomic E-state index is 0.534. The van der Waals surface area contributed by atoms with Crippen LogP contribution in [0.2, 0.25) is 0 Å². The van der Waals surface area contributed by atoms with E-state index >= 15 is 0 Å². The number of hydrogen-bond acceptors (Lipinski definition) is 5. The van der Waals surface area contributed by atoms with Crippen LogP contribution in [0.1, 0.15) is 28.3 Å². The normalized spacial score (nSPS) is 14.3. The molecule has 0 atom stereocenters. The lowest BCUT2D eigenvalue weighted by Crippen LogP contribution is -2.31. The number of fused-ring (bicyclic) bond motifs is 1. The van der Waals surface area contributed by atoms with Crippen molar-refractivity contribution in [2.45, 2.75) is 33.0 Å². The van der Waals surface area contributed by atoms with Crippen LogP contribution in [0.25, 0.3) is 11.3 Å². The van der Waals surface area contributed by atoms with E-state index in [0.717, 1.165) is 41.4 Å². The van der Waals surface area contributed by atoms with Gasteiger partial charge in [0.05, 0.1) is 12.1 Å². The van der Waals surface area contributed by atoms with Gasteiger partial charge in [0.1, 0.15) is 23.1 Å². The van der Waals surface area contributed by atoms with Gasteiger partial charge in [-0.15, -0.1) is 0 Å². The summed E-state index contributed by atoms with van der Waals surface area (Å²) < 4.78 is 43.8. The molecule has 0 bridgehead atoms. The van der Waals surface area contributed by atoms with Gasteiger partial charge in [0.15, 0.2) is 0 Å². The van der Waals surface area contributed by atoms with E-state index < -0.39 is 11.7 Å². The highest BCUT2D eigenvalue weighted by Crippen LogP contribution is 2.34. The molecular formula is C19H17F3N4O. The van der Waals surface area contributed by atoms with E-state index in [1.165, 1.54) is 12.1 Å². The van der Waals surface area contributed by atoms with Gasteiger partial charge in [0, 0.05) is 35.9 Å². The standard InChI is InChI=1S/C19H17F3N4O/c1-11-9-23-12(2)24-18(11)26-8-7-16-15(10-26)17(25-27-16)13-3-5-14(6-4-13)19(20,21)22/h3-6,9H,7-8,10H2,1-2H3. The Bertz CT molecular complexity index is 980. The largest absolute Gasteiger partial charge is 0.416 e. The van der Waals surface area contributed by atoms with E-state index in [4.69, 9.17) is 4.52 Å². The topological polar surface area (TPSA) is 55.1 Å². The minimum atomic E-state index is -4.36. The highest BCUT2D eigenvalue weighted by atomic mass is 19.4. The van der Waals surface area contributed by atoms with Crippen molar-refractivity contribution in [1.29, 1.82) is 0 Å². The van der Waals surface area contributed by atoms with Crippen molar-refractivity contribution >= 4 is 5.82 Å². The summed E-state index contributed by atoms with van der Waals surface area (Å²) in [5.74, 6) is 2.31. The number of rotatable bonds is 2. The second-order valence-corrected chi connectivity index (χ2v) is 6.60. The Morgan fingerprint density at radius 3 is 2.56 bits per heavy atom. The van der Waals surface area contributed by atoms with Crippen LogP contribution in [0.15, 0.2) is 35.0 Å². The van der Waals surface area contributed by atoms with E-state index in [0.29, 0.717) is 30.0 Å². The van der Waals surface area contributed by atoms with Crippen molar-refractivity contribution in [2.75, 3.05) is 11.4 Å². The van der Waals surface area contributed by atoms with Crippen LogP contribution < -0.4 is 4.90 Å². The van der Waals surface area contributed by atoms with Crippen molar-refractivity contribution in [3.05, 3.63) is 58.7 Å². The fourth-order valence-electron chi connectivity index (χ4n) is 3.27. The molecule has 0 saturated heterocycles. The third-order valence-corrected chi connectivity index (χ3v) is 4.68. The average Bonchev–Trinajstić information content (AvgIpc) is 3.06. The summed E-state index contributed by atoms with van der Waals surface area (Å²) in [6.07, 6.45) is -1.91. The van der Waals surface area contributed by atoms with E-state index in [1.807, 2.05) is 13.8 Å². The van der Waals surface area contributed by atoms with Gasteiger partial charge in [-0.2, -0.15) is 13.2 Å². The maximum absolute atomic E-state index is 12.8. The van der Waals surface area contributed by atoms with Gasteiger partial charge in [-0.05, 0) is 26.0 Å². The van der Waals surface area contributed by atoms with Crippen molar-refractivity contribution in [2.24, 2.45) is 0 Å². The zero-order chi connectivity index (χ0) is 19.2. The Hall–Kier alpha value is -2.90. The first-order valence-corrected chi connectivity index (χ1v) is 8.53. The molecule has 5 nitrogen and oxygen atoms in total. The van der Waals surface area contributed by atoms with Crippen LogP contribution in [0, 0.1) is 13.8 Å². The molecule has 1 aliphatic heterocycles. The van der Waals surface area contributed by atoms with Crippen LogP contribution >= 0.6 is 0 Å². The predicted octanol–water partition coefficient (Wildman–Crippen LogP) is 4.33. The summed E-state index contributed by atoms with van der Waals surface area (Å²) >= 11 is 0. The summed E-state index contributed by atoms with van der Waals surface area (Å²) in [6, 6.07) is 4.99. The number of anilines is 1. The molecule has 8 heteroatoms. The fourth-order valence-corrected chi connectivity index (χ4v) is 3.27. The van der Waals surface area contributed by atoms with Gasteiger partial charge >= 0.3 is 6.18 Å². The Morgan fingerprint density at radius 2 is 1.85 bits per heavy atom. The highest BCUT2D eigenvalue weighted by molar-refractivity contribution is 5.65. The van der Waals surface area contributed by atoms with Crippen LogP contribution in [-0.2, 0) is 19.1 Å². The second-order valence-electron chi connectivity index (χ2n) is 6.60. The third-order valence-electron chi connectivity index (χ3n) is 4.68. The van der Waals surface area contributed by atoms with Crippen molar-refractivity contribution in [3.8, 4) is 11.3 Å². The lowest BCUT2D eigenvalue weighted by atomic mass is 10.0. The maximum Gasteiger partial charge on any atom is 0.416 e. The summed E-state index contributed by atoms with van der Waals surface area (Å²) in [5, 5.41) is 4.11. The number of aryl methyl sites for hydroxylation is 2. The monoisotopic (exact) mass is 374 g/mol. The molecule has 1 aliphatic rings. The molecule has 140 valence electrons. The number of hydrogen-bond donors (Lipinski definition) is 0. The molecule has 2 aromatic heterocycles. The van der Waals surface area contributed by atoms with Crippen LogP contribution in [0.5, 0.6) is 0 Å². The number of benzene rings is 1. The van der Waals surface area contributed by atoms with Crippen molar-refractivity contribution in [1.82, 2.24) is 15.1 Å². The summed E-state index contributed by atoms with van der Waals surface area (Å²) in [6.45, 7) is 5.05. The number of aromatic nitrogens is 3. The predicted molar refractivity (Wildman–Crippen MR) is 93.2 cm³/mol. The smallest absolute Gasteiger partial charge is 0.360 e. The van der Waals surface area contributed by atoms with Crippen LogP contribution in [-0.4, -0.2) is 21.7 Å². The summed E-state index contributed by atoms with van der Waals surface area (Å²) in [5.41, 5.74) is 2.35. The van der Waals surface area contributed by atoms with E-state index in [9.17, 15) is 13.2 Å². The zero-order valence-electron chi connectivity index (χ0n) is 14.8. The van der Waals surface area contributed by atoms with Gasteiger partial charge in [-0.25, -0.2) is 9.97 Å². The molecule has 0 unspecified atom stereocenters. The Labute approximate surface area is 153 Å². The molecule has 0 amide bonds. The molecule has 0 N–H and O–H groups in total. The molecule has 0 saturated carbocycles. The number of alkyl halides is 3. The molecule has 0 aliphatic carbocycles. The Balaban J connectivity index is 1.67. The molecule has 27 heavy (non-hydrogen) atoms. The fraction of sp³-hybridized carbons (Fsp3) is 0.316. The highest BCUT2D eigenvalue weighted by Gasteiger charge is 2.31. The van der Waals surface area contributed by atoms with Gasteiger partial charge < -0.3 is 9.42 Å². The molecule has 0 radical (unpaired) electrons. The quantitative estimate of drug-likeness (QED) is 0.668. The Morgan fingerprint density at radius 1 is 1.11 bits per heavy atom. The summed E-state index contributed by atoms with van der Waals surface area (Å²) in [7, 11) is 0. The van der Waals surface area contributed by atoms with E-state index in [2.05, 4.69) is 20.0 Å². The van der Waals surface area contributed by atoms with Gasteiger partial charge in [-0.3, -0.25) is 0 Å². The van der Waals surface area contributed by atoms with E-state index in [1.54, 1.807) is 6.20 Å². The molecular weight excluding hydrogens is 357 g/mol. The SMILES string of the molecule is Cc1ncc(C)c(N2CCc3onc(-c4ccc(C(F)(F)F)cc4)c3C2)n1. The van der Waals surface area contributed by atoms with Crippen LogP contribution in [0.4, 0.5) is 19.0 Å². The molecule has 3 aromatic rings. The van der Waals surface area contributed by atoms with Crippen LogP contribution in [0.3, 0.4) is 0 Å². The Kier molecular flexibility index (Phi) is 4.13. The van der Waals surface area contributed by atoms with E-state index in [-0.39, 0.29) is 0 Å². The second kappa shape index (κ2) is 6.37.